The number of carbonyl (C=O) groups is 2. The molecule has 0 aromatic heterocycles. The molecule has 0 spiro atoms. The quantitative estimate of drug-likeness (QED) is 0.369. The third-order valence-corrected chi connectivity index (χ3v) is 6.47. The number of nitrogens with one attached hydrogen (secondary N) is 3. The Bertz CT molecular complexity index is 983. The molecule has 1 fully saturated rings. The molecule has 8 nitrogen and oxygen atoms in total. The fourth-order valence-electron chi connectivity index (χ4n) is 4.32. The third-order valence-electron chi connectivity index (χ3n) is 6.23. The Morgan fingerprint density at radius 1 is 1.14 bits per heavy atom. The summed E-state index contributed by atoms with van der Waals surface area (Å²) in [5.74, 6) is 0.370. The van der Waals surface area contributed by atoms with Gasteiger partial charge in [-0.05, 0) is 67.6 Å². The van der Waals surface area contributed by atoms with E-state index in [1.54, 1.807) is 12.1 Å². The van der Waals surface area contributed by atoms with Crippen LogP contribution in [0.15, 0.2) is 48.5 Å². The number of methoxy groups -OCH3 is 1. The molecule has 1 aliphatic heterocycles. The molecule has 0 radical (unpaired) electrons. The van der Waals surface area contributed by atoms with Crippen molar-refractivity contribution in [2.45, 2.75) is 31.4 Å². The second-order valence-corrected chi connectivity index (χ2v) is 9.30. The van der Waals surface area contributed by atoms with E-state index in [1.807, 2.05) is 43.4 Å². The van der Waals surface area contributed by atoms with Gasteiger partial charge < -0.3 is 30.2 Å². The first-order valence-electron chi connectivity index (χ1n) is 12.3. The van der Waals surface area contributed by atoms with Crippen molar-refractivity contribution < 1.29 is 23.8 Å². The summed E-state index contributed by atoms with van der Waals surface area (Å²) in [6.07, 6.45) is 2.23. The van der Waals surface area contributed by atoms with Crippen LogP contribution in [-0.2, 0) is 14.2 Å². The molecule has 196 valence electrons. The summed E-state index contributed by atoms with van der Waals surface area (Å²) >= 11 is 6.23. The van der Waals surface area contributed by atoms with Gasteiger partial charge in [0.2, 0.25) is 0 Å². The van der Waals surface area contributed by atoms with Gasteiger partial charge in [-0.2, -0.15) is 0 Å². The number of amides is 2. The molecule has 1 aliphatic rings. The van der Waals surface area contributed by atoms with Crippen molar-refractivity contribution in [3.63, 3.8) is 0 Å². The zero-order valence-electron chi connectivity index (χ0n) is 20.9. The molecule has 2 aromatic rings. The average molecular weight is 518 g/mol. The van der Waals surface area contributed by atoms with Crippen molar-refractivity contribution in [2.75, 3.05) is 47.1 Å². The lowest BCUT2D eigenvalue weighted by molar-refractivity contribution is 0.0478. The summed E-state index contributed by atoms with van der Waals surface area (Å²) in [5, 5.41) is 9.56. The topological polar surface area (TPSA) is 97.9 Å². The normalized spacial score (nSPS) is 17.1. The van der Waals surface area contributed by atoms with Crippen LogP contribution in [0.5, 0.6) is 0 Å². The molecule has 3 atom stereocenters. The summed E-state index contributed by atoms with van der Waals surface area (Å²) < 4.78 is 16.3. The maximum atomic E-state index is 13.0. The number of ether oxygens (including phenoxy) is 3. The Balaban J connectivity index is 1.66. The first kappa shape index (κ1) is 27.9. The Hall–Kier alpha value is -2.65. The molecule has 2 amide bonds. The summed E-state index contributed by atoms with van der Waals surface area (Å²) in [6.45, 7) is 2.69. The van der Waals surface area contributed by atoms with Gasteiger partial charge in [0.15, 0.2) is 0 Å². The van der Waals surface area contributed by atoms with Gasteiger partial charge in [0.05, 0.1) is 13.7 Å². The molecular weight excluding hydrogens is 482 g/mol. The zero-order chi connectivity index (χ0) is 25.8. The maximum Gasteiger partial charge on any atom is 0.406 e. The van der Waals surface area contributed by atoms with Crippen molar-refractivity contribution in [1.82, 2.24) is 16.0 Å². The van der Waals surface area contributed by atoms with Crippen LogP contribution in [-0.4, -0.2) is 65.1 Å². The van der Waals surface area contributed by atoms with Crippen LogP contribution in [0.25, 0.3) is 0 Å². The molecule has 0 saturated carbocycles. The van der Waals surface area contributed by atoms with E-state index in [-0.39, 0.29) is 25.1 Å². The van der Waals surface area contributed by atoms with Crippen molar-refractivity contribution in [3.05, 3.63) is 70.2 Å². The van der Waals surface area contributed by atoms with E-state index in [0.717, 1.165) is 43.6 Å². The predicted molar refractivity (Wildman–Crippen MR) is 139 cm³/mol. The Morgan fingerprint density at radius 2 is 1.92 bits per heavy atom. The van der Waals surface area contributed by atoms with Gasteiger partial charge in [-0.15, -0.1) is 0 Å². The second-order valence-electron chi connectivity index (χ2n) is 8.86. The minimum absolute atomic E-state index is 0.144. The summed E-state index contributed by atoms with van der Waals surface area (Å²) in [4.78, 5) is 24.3. The van der Waals surface area contributed by atoms with Crippen LogP contribution in [0.3, 0.4) is 0 Å². The highest BCUT2D eigenvalue weighted by atomic mass is 35.5. The van der Waals surface area contributed by atoms with Crippen LogP contribution >= 0.6 is 11.6 Å². The monoisotopic (exact) mass is 517 g/mol. The fraction of sp³-hybridized carbons (Fsp3) is 0.481. The SMILES string of the molecule is CN[C@H](CNC(=O)c1cccc([C@@H](OCCNC(=O)OC)c2cccc(Cl)c2)c1)CC1CCCOC1. The number of carbonyl (C=O) groups excluding carboxylic acids is 2. The first-order valence-corrected chi connectivity index (χ1v) is 12.7. The molecule has 1 saturated heterocycles. The molecule has 1 heterocycles. The van der Waals surface area contributed by atoms with Crippen LogP contribution < -0.4 is 16.0 Å². The smallest absolute Gasteiger partial charge is 0.406 e. The maximum absolute atomic E-state index is 13.0. The lowest BCUT2D eigenvalue weighted by Crippen LogP contribution is -2.41. The van der Waals surface area contributed by atoms with Crippen LogP contribution in [0, 0.1) is 5.92 Å². The van der Waals surface area contributed by atoms with Gasteiger partial charge in [0.1, 0.15) is 6.10 Å². The van der Waals surface area contributed by atoms with E-state index < -0.39 is 12.2 Å². The van der Waals surface area contributed by atoms with Gasteiger partial charge >= 0.3 is 6.09 Å². The molecule has 0 bridgehead atoms. The lowest BCUT2D eigenvalue weighted by Gasteiger charge is -2.26. The largest absolute Gasteiger partial charge is 0.453 e. The third kappa shape index (κ3) is 8.78. The van der Waals surface area contributed by atoms with Gasteiger partial charge in [0, 0.05) is 42.9 Å². The summed E-state index contributed by atoms with van der Waals surface area (Å²) in [5.41, 5.74) is 2.21. The minimum atomic E-state index is -0.521. The average Bonchev–Trinajstić information content (AvgIpc) is 2.91. The number of rotatable bonds is 12. The van der Waals surface area contributed by atoms with Crippen molar-refractivity contribution in [1.29, 1.82) is 0 Å². The zero-order valence-corrected chi connectivity index (χ0v) is 21.7. The van der Waals surface area contributed by atoms with Gasteiger partial charge in [-0.3, -0.25) is 4.79 Å². The lowest BCUT2D eigenvalue weighted by atomic mass is 9.94. The van der Waals surface area contributed by atoms with Gasteiger partial charge in [-0.25, -0.2) is 4.79 Å². The first-order chi connectivity index (χ1) is 17.5. The molecule has 3 rings (SSSR count). The molecule has 0 aliphatic carbocycles. The fourth-order valence-corrected chi connectivity index (χ4v) is 4.52. The van der Waals surface area contributed by atoms with E-state index in [4.69, 9.17) is 21.1 Å². The van der Waals surface area contributed by atoms with Gasteiger partial charge in [-0.1, -0.05) is 35.9 Å². The number of hydrogen-bond donors (Lipinski definition) is 3. The van der Waals surface area contributed by atoms with E-state index in [2.05, 4.69) is 20.7 Å². The molecule has 1 unspecified atom stereocenters. The Morgan fingerprint density at radius 3 is 2.61 bits per heavy atom. The molecule has 9 heteroatoms. The highest BCUT2D eigenvalue weighted by molar-refractivity contribution is 6.30. The number of halogens is 1. The minimum Gasteiger partial charge on any atom is -0.453 e. The molecule has 36 heavy (non-hydrogen) atoms. The summed E-state index contributed by atoms with van der Waals surface area (Å²) in [6, 6.07) is 14.9. The van der Waals surface area contributed by atoms with Gasteiger partial charge in [0.25, 0.3) is 5.91 Å². The van der Waals surface area contributed by atoms with Crippen molar-refractivity contribution in [2.24, 2.45) is 5.92 Å². The van der Waals surface area contributed by atoms with E-state index in [1.165, 1.54) is 7.11 Å². The molecule has 2 aromatic carbocycles. The van der Waals surface area contributed by atoms with Crippen LogP contribution in [0.1, 0.15) is 46.9 Å². The van der Waals surface area contributed by atoms with Crippen molar-refractivity contribution >= 4 is 23.6 Å². The number of hydrogen-bond acceptors (Lipinski definition) is 6. The number of benzene rings is 2. The van der Waals surface area contributed by atoms with Crippen molar-refractivity contribution in [3.8, 4) is 0 Å². The van der Waals surface area contributed by atoms with Crippen LogP contribution in [0.4, 0.5) is 4.79 Å². The van der Waals surface area contributed by atoms with Crippen LogP contribution in [0.2, 0.25) is 5.02 Å². The molecule has 3 N–H and O–H groups in total. The Labute approximate surface area is 218 Å². The molecular formula is C27H36ClN3O5. The second kappa shape index (κ2) is 14.8. The number of likely N-dealkylation sites (N-methyl/N-ethyl adjacent to an activating group) is 1. The highest BCUT2D eigenvalue weighted by Gasteiger charge is 2.20. The predicted octanol–water partition coefficient (Wildman–Crippen LogP) is 3.94. The summed E-state index contributed by atoms with van der Waals surface area (Å²) in [7, 11) is 3.23. The highest BCUT2D eigenvalue weighted by Crippen LogP contribution is 2.28. The standard InChI is InChI=1S/C27H36ClN3O5/c1-29-24(14-19-6-5-12-35-18-19)17-31-26(32)22-9-3-7-20(15-22)25(21-8-4-10-23(28)16-21)36-13-11-30-27(33)34-2/h3-4,7-10,15-16,19,24-25,29H,5-6,11-14,17-18H2,1-2H3,(H,30,33)(H,31,32)/t19?,24-,25+/m0/s1. The van der Waals surface area contributed by atoms with E-state index >= 15 is 0 Å². The number of alkyl carbamates (subject to hydrolysis) is 1. The van der Waals surface area contributed by atoms with E-state index in [0.29, 0.717) is 23.0 Å². The Kier molecular flexibility index (Phi) is 11.5. The van der Waals surface area contributed by atoms with E-state index in [9.17, 15) is 9.59 Å².